The van der Waals surface area contributed by atoms with E-state index in [-0.39, 0.29) is 11.3 Å². The number of nitrogens with one attached hydrogen (secondary N) is 1. The molecule has 6 nitrogen and oxygen atoms in total. The van der Waals surface area contributed by atoms with Gasteiger partial charge < -0.3 is 11.1 Å². The van der Waals surface area contributed by atoms with Crippen LogP contribution in [0.15, 0.2) is 47.4 Å². The average Bonchev–Trinajstić information content (AvgIpc) is 2.53. The summed E-state index contributed by atoms with van der Waals surface area (Å²) < 4.78 is 0. The van der Waals surface area contributed by atoms with E-state index in [1.54, 1.807) is 11.8 Å². The van der Waals surface area contributed by atoms with Crippen LogP contribution in [0.2, 0.25) is 5.02 Å². The molecule has 0 aromatic heterocycles. The van der Waals surface area contributed by atoms with Crippen LogP contribution in [0.25, 0.3) is 0 Å². The average molecular weight is 352 g/mol. The third-order valence-corrected chi connectivity index (χ3v) is 4.24. The van der Waals surface area contributed by atoms with Gasteiger partial charge in [-0.25, -0.2) is 0 Å². The number of amides is 1. The number of nitro groups is 1. The van der Waals surface area contributed by atoms with Crippen LogP contribution >= 0.6 is 23.4 Å². The zero-order valence-electron chi connectivity index (χ0n) is 12.0. The maximum atomic E-state index is 11.1. The summed E-state index contributed by atoms with van der Waals surface area (Å²) in [4.78, 5) is 22.7. The molecule has 0 unspecified atom stereocenters. The second-order valence-corrected chi connectivity index (χ2v) is 6.19. The first kappa shape index (κ1) is 17.1. The van der Waals surface area contributed by atoms with Crippen LogP contribution < -0.4 is 11.1 Å². The van der Waals surface area contributed by atoms with Gasteiger partial charge in [-0.2, -0.15) is 0 Å². The van der Waals surface area contributed by atoms with Crippen molar-refractivity contribution in [1.82, 2.24) is 0 Å². The smallest absolute Gasteiger partial charge is 0.293 e. The Bertz CT molecular complexity index is 722. The van der Waals surface area contributed by atoms with E-state index >= 15 is 0 Å². The number of primary amides is 1. The Kier molecular flexibility index (Phi) is 5.84. The number of nitrogens with zero attached hydrogens (tertiary/aromatic N) is 1. The van der Waals surface area contributed by atoms with Crippen molar-refractivity contribution in [3.8, 4) is 0 Å². The Hall–Kier alpha value is -2.25. The van der Waals surface area contributed by atoms with Crippen LogP contribution in [0, 0.1) is 10.1 Å². The summed E-state index contributed by atoms with van der Waals surface area (Å²) in [6.07, 6.45) is 0. The molecule has 0 radical (unpaired) electrons. The van der Waals surface area contributed by atoms with E-state index in [2.05, 4.69) is 5.32 Å². The summed E-state index contributed by atoms with van der Waals surface area (Å²) in [5.74, 6) is 0.0223. The van der Waals surface area contributed by atoms with E-state index in [9.17, 15) is 14.9 Å². The van der Waals surface area contributed by atoms with Gasteiger partial charge in [-0.15, -0.1) is 11.8 Å². The normalized spacial score (nSPS) is 10.3. The minimum absolute atomic E-state index is 0.109. The van der Waals surface area contributed by atoms with Gasteiger partial charge in [-0.3, -0.25) is 14.9 Å². The van der Waals surface area contributed by atoms with E-state index in [0.717, 1.165) is 10.6 Å². The first-order valence-corrected chi connectivity index (χ1v) is 8.04. The number of rotatable bonds is 7. The van der Waals surface area contributed by atoms with Crippen LogP contribution in [-0.2, 0) is 0 Å². The summed E-state index contributed by atoms with van der Waals surface area (Å²) in [6, 6.07) is 11.6. The van der Waals surface area contributed by atoms with E-state index in [4.69, 9.17) is 17.3 Å². The predicted octanol–water partition coefficient (Wildman–Crippen LogP) is 3.55. The molecule has 1 amide bonds. The van der Waals surface area contributed by atoms with Crippen molar-refractivity contribution in [2.45, 2.75) is 4.90 Å². The molecule has 0 saturated carbocycles. The highest BCUT2D eigenvalue weighted by Crippen LogP contribution is 2.26. The minimum atomic E-state index is -0.696. The van der Waals surface area contributed by atoms with Crippen LogP contribution in [0.3, 0.4) is 0 Å². The fraction of sp³-hybridized carbons (Fsp3) is 0.133. The van der Waals surface area contributed by atoms with Crippen LogP contribution in [-0.4, -0.2) is 23.1 Å². The topological polar surface area (TPSA) is 98.3 Å². The third-order valence-electron chi connectivity index (χ3n) is 2.98. The molecule has 0 saturated heterocycles. The molecular weight excluding hydrogens is 338 g/mol. The van der Waals surface area contributed by atoms with Crippen molar-refractivity contribution >= 4 is 40.6 Å². The molecule has 2 aromatic rings. The number of carbonyl (C=O) groups is 1. The second kappa shape index (κ2) is 7.85. The molecule has 0 aliphatic carbocycles. The summed E-state index contributed by atoms with van der Waals surface area (Å²) in [6.45, 7) is 0.532. The molecule has 23 heavy (non-hydrogen) atoms. The van der Waals surface area contributed by atoms with Gasteiger partial charge in [0.05, 0.1) is 4.92 Å². The summed E-state index contributed by atoms with van der Waals surface area (Å²) in [7, 11) is 0. The number of halogens is 1. The van der Waals surface area contributed by atoms with E-state index < -0.39 is 10.8 Å². The molecule has 2 aromatic carbocycles. The molecule has 0 heterocycles. The van der Waals surface area contributed by atoms with Gasteiger partial charge in [-0.1, -0.05) is 11.6 Å². The number of hydrogen-bond donors (Lipinski definition) is 2. The molecule has 0 fully saturated rings. The molecule has 120 valence electrons. The number of hydrogen-bond acceptors (Lipinski definition) is 5. The monoisotopic (exact) mass is 351 g/mol. The van der Waals surface area contributed by atoms with E-state index in [1.807, 2.05) is 24.3 Å². The fourth-order valence-corrected chi connectivity index (χ4v) is 2.77. The number of anilines is 1. The standard InChI is InChI=1S/C15H14ClN3O3S/c16-11-2-4-12(5-3-11)23-8-7-18-13-6-1-10(15(17)20)9-14(13)19(21)22/h1-6,9,18H,7-8H2,(H2,17,20). The van der Waals surface area contributed by atoms with Gasteiger partial charge >= 0.3 is 0 Å². The fourth-order valence-electron chi connectivity index (χ4n) is 1.87. The summed E-state index contributed by atoms with van der Waals surface area (Å²) in [5, 5.41) is 14.8. The maximum absolute atomic E-state index is 11.1. The lowest BCUT2D eigenvalue weighted by molar-refractivity contribution is -0.384. The lowest BCUT2D eigenvalue weighted by Crippen LogP contribution is -2.12. The Labute approximate surface area is 142 Å². The Balaban J connectivity index is 1.96. The van der Waals surface area contributed by atoms with Crippen LogP contribution in [0.5, 0.6) is 0 Å². The molecule has 0 aliphatic rings. The van der Waals surface area contributed by atoms with Gasteiger partial charge in [0.15, 0.2) is 0 Å². The second-order valence-electron chi connectivity index (χ2n) is 4.58. The van der Waals surface area contributed by atoms with Gasteiger partial charge in [0, 0.05) is 33.8 Å². The number of carbonyl (C=O) groups excluding carboxylic acids is 1. The lowest BCUT2D eigenvalue weighted by atomic mass is 10.1. The summed E-state index contributed by atoms with van der Waals surface area (Å²) in [5.41, 5.74) is 5.43. The summed E-state index contributed by atoms with van der Waals surface area (Å²) >= 11 is 7.42. The van der Waals surface area contributed by atoms with Gasteiger partial charge in [0.1, 0.15) is 5.69 Å². The molecule has 3 N–H and O–H groups in total. The zero-order valence-corrected chi connectivity index (χ0v) is 13.6. The van der Waals surface area contributed by atoms with Crippen LogP contribution in [0.1, 0.15) is 10.4 Å². The highest BCUT2D eigenvalue weighted by molar-refractivity contribution is 7.99. The molecule has 0 atom stereocenters. The predicted molar refractivity (Wildman–Crippen MR) is 92.3 cm³/mol. The van der Waals surface area contributed by atoms with Crippen molar-refractivity contribution in [3.05, 3.63) is 63.2 Å². The zero-order chi connectivity index (χ0) is 16.8. The Morgan fingerprint density at radius 2 is 1.96 bits per heavy atom. The van der Waals surface area contributed by atoms with Gasteiger partial charge in [0.25, 0.3) is 5.69 Å². The number of benzene rings is 2. The quantitative estimate of drug-likeness (QED) is 0.344. The van der Waals surface area contributed by atoms with Crippen molar-refractivity contribution < 1.29 is 9.72 Å². The molecule has 2 rings (SSSR count). The molecule has 0 bridgehead atoms. The first-order valence-electron chi connectivity index (χ1n) is 6.68. The minimum Gasteiger partial charge on any atom is -0.379 e. The van der Waals surface area contributed by atoms with Gasteiger partial charge in [-0.05, 0) is 36.4 Å². The Morgan fingerprint density at radius 1 is 1.26 bits per heavy atom. The molecule has 0 aliphatic heterocycles. The van der Waals surface area contributed by atoms with Gasteiger partial charge in [0.2, 0.25) is 5.91 Å². The van der Waals surface area contributed by atoms with Crippen molar-refractivity contribution in [2.24, 2.45) is 5.73 Å². The highest BCUT2D eigenvalue weighted by atomic mass is 35.5. The van der Waals surface area contributed by atoms with E-state index in [1.165, 1.54) is 18.2 Å². The molecule has 0 spiro atoms. The lowest BCUT2D eigenvalue weighted by Gasteiger charge is -2.08. The molecular formula is C15H14ClN3O3S. The molecule has 8 heteroatoms. The van der Waals surface area contributed by atoms with Crippen molar-refractivity contribution in [3.63, 3.8) is 0 Å². The highest BCUT2D eigenvalue weighted by Gasteiger charge is 2.16. The SMILES string of the molecule is NC(=O)c1ccc(NCCSc2ccc(Cl)cc2)c([N+](=O)[O-])c1. The van der Waals surface area contributed by atoms with E-state index in [0.29, 0.717) is 17.3 Å². The van der Waals surface area contributed by atoms with Crippen LogP contribution in [0.4, 0.5) is 11.4 Å². The number of nitro benzene ring substituents is 1. The number of nitrogens with two attached hydrogens (primary N) is 1. The number of thioether (sulfide) groups is 1. The van der Waals surface area contributed by atoms with Crippen molar-refractivity contribution in [1.29, 1.82) is 0 Å². The Morgan fingerprint density at radius 3 is 2.57 bits per heavy atom. The van der Waals surface area contributed by atoms with Crippen molar-refractivity contribution in [2.75, 3.05) is 17.6 Å². The maximum Gasteiger partial charge on any atom is 0.293 e. The first-order chi connectivity index (χ1) is 11.0. The third kappa shape index (κ3) is 4.87. The largest absolute Gasteiger partial charge is 0.379 e.